The van der Waals surface area contributed by atoms with Crippen molar-refractivity contribution in [3.05, 3.63) is 80.8 Å². The van der Waals surface area contributed by atoms with Gasteiger partial charge in [-0.2, -0.15) is 0 Å². The molecule has 2 aliphatic heterocycles. The Labute approximate surface area is 200 Å². The second-order valence-electron chi connectivity index (χ2n) is 9.25. The van der Waals surface area contributed by atoms with Crippen LogP contribution in [-0.4, -0.2) is 58.6 Å². The number of aromatic amines is 1. The van der Waals surface area contributed by atoms with Crippen LogP contribution < -0.4 is 5.56 Å². The highest BCUT2D eigenvalue weighted by Gasteiger charge is 2.29. The van der Waals surface area contributed by atoms with Gasteiger partial charge in [-0.25, -0.2) is 9.37 Å². The molecule has 2 aromatic heterocycles. The molecule has 9 heteroatoms. The number of nitrogens with zero attached hydrogens (tertiary/aromatic N) is 3. The van der Waals surface area contributed by atoms with Crippen molar-refractivity contribution in [3.8, 4) is 0 Å². The fourth-order valence-corrected chi connectivity index (χ4v) is 5.27. The topological polar surface area (TPSA) is 88.9 Å². The average molecular weight is 477 g/mol. The lowest BCUT2D eigenvalue weighted by Crippen LogP contribution is -2.30. The van der Waals surface area contributed by atoms with Crippen molar-refractivity contribution in [2.45, 2.75) is 25.4 Å². The number of nitrogens with one attached hydrogen (secondary N) is 1. The zero-order valence-corrected chi connectivity index (χ0v) is 19.3. The summed E-state index contributed by atoms with van der Waals surface area (Å²) in [4.78, 5) is 35.7. The van der Waals surface area contributed by atoms with Crippen LogP contribution in [0.25, 0.3) is 16.6 Å². The van der Waals surface area contributed by atoms with Crippen molar-refractivity contribution in [2.75, 3.05) is 33.4 Å². The molecular weight excluding hydrogens is 451 g/mol. The number of methoxy groups -OCH3 is 1. The van der Waals surface area contributed by atoms with Gasteiger partial charge >= 0.3 is 0 Å². The van der Waals surface area contributed by atoms with Crippen molar-refractivity contribution in [1.82, 2.24) is 19.3 Å². The summed E-state index contributed by atoms with van der Waals surface area (Å²) in [6.45, 7) is 2.24. The number of carbonyl (C=O) groups is 1. The Morgan fingerprint density at radius 3 is 3.00 bits per heavy atom. The molecule has 4 heterocycles. The molecule has 3 aliphatic rings. The summed E-state index contributed by atoms with van der Waals surface area (Å²) in [6, 6.07) is 3.62. The summed E-state index contributed by atoms with van der Waals surface area (Å²) < 4.78 is 26.8. The maximum Gasteiger partial charge on any atom is 0.274 e. The Hall–Kier alpha value is -3.56. The molecule has 8 nitrogen and oxygen atoms in total. The van der Waals surface area contributed by atoms with E-state index in [9.17, 15) is 14.0 Å². The van der Waals surface area contributed by atoms with Gasteiger partial charge in [-0.05, 0) is 41.3 Å². The second-order valence-corrected chi connectivity index (χ2v) is 9.25. The first-order valence-electron chi connectivity index (χ1n) is 11.7. The highest BCUT2D eigenvalue weighted by Crippen LogP contribution is 2.31. The molecule has 1 saturated heterocycles. The molecule has 180 valence electrons. The van der Waals surface area contributed by atoms with E-state index in [0.717, 1.165) is 28.9 Å². The predicted molar refractivity (Wildman–Crippen MR) is 128 cm³/mol. The first-order chi connectivity index (χ1) is 17.0. The van der Waals surface area contributed by atoms with E-state index >= 15 is 0 Å². The van der Waals surface area contributed by atoms with Crippen LogP contribution in [-0.2, 0) is 16.1 Å². The van der Waals surface area contributed by atoms with E-state index in [1.165, 1.54) is 6.08 Å². The molecule has 3 aromatic rings. The Morgan fingerprint density at radius 2 is 2.20 bits per heavy atom. The Kier molecular flexibility index (Phi) is 5.38. The SMILES string of the molecule is COCc1cc2c(cc1C(=O)N1CC3=C(CC(F)=CC=C3)C1)[nH]c(=O)c1cnc(C3CCOC3)n12. The number of benzene rings is 1. The van der Waals surface area contributed by atoms with Gasteiger partial charge in [-0.1, -0.05) is 12.2 Å². The molecule has 1 fully saturated rings. The van der Waals surface area contributed by atoms with Crippen LogP contribution in [0.5, 0.6) is 0 Å². The molecule has 1 atom stereocenters. The van der Waals surface area contributed by atoms with E-state index in [1.54, 1.807) is 30.3 Å². The molecule has 0 saturated carbocycles. The zero-order valence-electron chi connectivity index (χ0n) is 19.3. The number of hydrogen-bond donors (Lipinski definition) is 1. The Bertz CT molecular complexity index is 1510. The van der Waals surface area contributed by atoms with E-state index in [4.69, 9.17) is 9.47 Å². The summed E-state index contributed by atoms with van der Waals surface area (Å²) in [5.74, 6) is 0.492. The fourth-order valence-electron chi connectivity index (χ4n) is 5.27. The van der Waals surface area contributed by atoms with Gasteiger partial charge < -0.3 is 19.4 Å². The largest absolute Gasteiger partial charge is 0.381 e. The molecule has 1 amide bonds. The van der Waals surface area contributed by atoms with E-state index in [-0.39, 0.29) is 36.2 Å². The highest BCUT2D eigenvalue weighted by atomic mass is 19.1. The maximum atomic E-state index is 14.0. The van der Waals surface area contributed by atoms with Crippen LogP contribution in [0, 0.1) is 0 Å². The summed E-state index contributed by atoms with van der Waals surface area (Å²) in [5.41, 5.74) is 4.54. The minimum Gasteiger partial charge on any atom is -0.381 e. The van der Waals surface area contributed by atoms with Crippen LogP contribution in [0.4, 0.5) is 4.39 Å². The summed E-state index contributed by atoms with van der Waals surface area (Å²) in [5, 5.41) is 0. The molecule has 35 heavy (non-hydrogen) atoms. The molecule has 0 bridgehead atoms. The standard InChI is InChI=1S/C26H25FN4O4/c1-34-13-18-8-22-21(29-25(32)23-10-28-24(31(22)23)16-5-6-35-14-16)9-20(18)26(33)30-11-15-3-2-4-19(27)7-17(15)12-30/h2-4,8-10,16H,5-7,11-14H2,1H3,(H,29,32). The van der Waals surface area contributed by atoms with E-state index < -0.39 is 0 Å². The summed E-state index contributed by atoms with van der Waals surface area (Å²) in [6.07, 6.45) is 7.66. The fraction of sp³-hybridized carbons (Fsp3) is 0.346. The van der Waals surface area contributed by atoms with Gasteiger partial charge in [0, 0.05) is 44.7 Å². The molecule has 6 rings (SSSR count). The van der Waals surface area contributed by atoms with Crippen molar-refractivity contribution in [3.63, 3.8) is 0 Å². The molecule has 0 radical (unpaired) electrons. The van der Waals surface area contributed by atoms with Crippen LogP contribution in [0.1, 0.15) is 40.5 Å². The van der Waals surface area contributed by atoms with Gasteiger partial charge in [0.2, 0.25) is 0 Å². The number of imidazole rings is 1. The first kappa shape index (κ1) is 21.9. The number of fused-ring (bicyclic) bond motifs is 3. The lowest BCUT2D eigenvalue weighted by molar-refractivity contribution is 0.0791. The number of rotatable bonds is 4. The molecule has 1 unspecified atom stereocenters. The lowest BCUT2D eigenvalue weighted by Gasteiger charge is -2.20. The number of amides is 1. The number of aromatic nitrogens is 3. The molecule has 1 N–H and O–H groups in total. The zero-order chi connectivity index (χ0) is 24.1. The summed E-state index contributed by atoms with van der Waals surface area (Å²) >= 11 is 0. The van der Waals surface area contributed by atoms with E-state index in [0.29, 0.717) is 48.5 Å². The Balaban J connectivity index is 1.44. The van der Waals surface area contributed by atoms with E-state index in [2.05, 4.69) is 9.97 Å². The van der Waals surface area contributed by atoms with Crippen molar-refractivity contribution in [2.24, 2.45) is 0 Å². The van der Waals surface area contributed by atoms with Crippen molar-refractivity contribution >= 4 is 22.5 Å². The molecule has 1 aliphatic carbocycles. The quantitative estimate of drug-likeness (QED) is 0.624. The van der Waals surface area contributed by atoms with E-state index in [1.807, 2.05) is 16.5 Å². The lowest BCUT2D eigenvalue weighted by atomic mass is 10.0. The monoisotopic (exact) mass is 476 g/mol. The molecule has 0 spiro atoms. The van der Waals surface area contributed by atoms with Gasteiger partial charge in [0.15, 0.2) is 0 Å². The van der Waals surface area contributed by atoms with Gasteiger partial charge in [0.1, 0.15) is 17.2 Å². The number of hydrogen-bond acceptors (Lipinski definition) is 5. The Morgan fingerprint density at radius 1 is 1.31 bits per heavy atom. The number of allylic oxidation sites excluding steroid dienone is 3. The third-order valence-electron chi connectivity index (χ3n) is 7.00. The molecular formula is C26H25FN4O4. The van der Waals surface area contributed by atoms with Gasteiger partial charge in [-0.15, -0.1) is 0 Å². The smallest absolute Gasteiger partial charge is 0.274 e. The molecule has 1 aromatic carbocycles. The van der Waals surface area contributed by atoms with Gasteiger partial charge in [0.05, 0.1) is 30.4 Å². The minimum atomic E-state index is -0.269. The van der Waals surface area contributed by atoms with Crippen molar-refractivity contribution in [1.29, 1.82) is 0 Å². The first-order valence-corrected chi connectivity index (χ1v) is 11.7. The number of ether oxygens (including phenoxy) is 2. The van der Waals surface area contributed by atoms with Crippen molar-refractivity contribution < 1.29 is 18.7 Å². The number of carbonyl (C=O) groups excluding carboxylic acids is 1. The van der Waals surface area contributed by atoms with Gasteiger partial charge in [0.25, 0.3) is 11.5 Å². The maximum absolute atomic E-state index is 14.0. The number of halogens is 1. The highest BCUT2D eigenvalue weighted by molar-refractivity contribution is 6.00. The third kappa shape index (κ3) is 3.71. The van der Waals surface area contributed by atoms with Crippen LogP contribution in [0.2, 0.25) is 0 Å². The normalized spacial score (nSPS) is 20.1. The van der Waals surface area contributed by atoms with Crippen LogP contribution in [0.15, 0.2) is 58.3 Å². The predicted octanol–water partition coefficient (Wildman–Crippen LogP) is 3.39. The average Bonchev–Trinajstić information content (AvgIpc) is 3.57. The van der Waals surface area contributed by atoms with Gasteiger partial charge in [-0.3, -0.25) is 14.0 Å². The third-order valence-corrected chi connectivity index (χ3v) is 7.00. The minimum absolute atomic E-state index is 0.100. The summed E-state index contributed by atoms with van der Waals surface area (Å²) in [7, 11) is 1.58. The number of H-pyrrole nitrogens is 1. The van der Waals surface area contributed by atoms with Crippen LogP contribution >= 0.6 is 0 Å². The second kappa shape index (κ2) is 8.58. The van der Waals surface area contributed by atoms with Crippen LogP contribution in [0.3, 0.4) is 0 Å².